The first-order valence-corrected chi connectivity index (χ1v) is 14.1. The van der Waals surface area contributed by atoms with Gasteiger partial charge in [-0.1, -0.05) is 30.3 Å². The number of fused-ring (bicyclic) bond motifs is 1. The molecule has 1 amide bonds. The standard InChI is InChI=1S/C17H25N3O2.C10H8O3S/c18-9-14-2-1-3-20(14)15(21)10-19-16-5-12-4-13(6-16)8-17(22,7-12)11-16;11-14(12,13)10-6-5-8-3-1-2-4-9(8)7-10/h12-14,19,22H,1-8,10-11H2;1-7H,(H,11,12,13)/t12?,13?,14-,16?,17?;/m0./s1. The molecule has 1 heterocycles. The minimum Gasteiger partial charge on any atom is -0.390 e. The number of benzene rings is 2. The molecular formula is C27H33N3O5S. The van der Waals surface area contributed by atoms with Crippen molar-refractivity contribution >= 4 is 26.8 Å². The van der Waals surface area contributed by atoms with Gasteiger partial charge in [-0.05, 0) is 86.1 Å². The number of rotatable bonds is 4. The van der Waals surface area contributed by atoms with Crippen molar-refractivity contribution in [3.05, 3.63) is 42.5 Å². The normalized spacial score (nSPS) is 32.7. The zero-order valence-electron chi connectivity index (χ0n) is 20.3. The molecule has 0 spiro atoms. The summed E-state index contributed by atoms with van der Waals surface area (Å²) in [7, 11) is -4.09. The van der Waals surface area contributed by atoms with Crippen LogP contribution in [0.25, 0.3) is 10.8 Å². The maximum absolute atomic E-state index is 12.4. The second-order valence-electron chi connectivity index (χ2n) is 11.2. The van der Waals surface area contributed by atoms with E-state index in [1.54, 1.807) is 17.0 Å². The number of aliphatic hydroxyl groups is 1. The third-order valence-corrected chi connectivity index (χ3v) is 9.24. The van der Waals surface area contributed by atoms with E-state index in [1.165, 1.54) is 18.6 Å². The Hall–Kier alpha value is -2.51. The molecule has 2 aromatic rings. The van der Waals surface area contributed by atoms with Crippen LogP contribution in [0.5, 0.6) is 0 Å². The van der Waals surface area contributed by atoms with Gasteiger partial charge in [0.2, 0.25) is 5.91 Å². The van der Waals surface area contributed by atoms with Gasteiger partial charge in [0, 0.05) is 12.1 Å². The van der Waals surface area contributed by atoms with E-state index in [9.17, 15) is 18.3 Å². The average Bonchev–Trinajstić information content (AvgIpc) is 3.30. The van der Waals surface area contributed by atoms with Crippen LogP contribution in [0.1, 0.15) is 51.4 Å². The number of carbonyl (C=O) groups excluding carboxylic acids is 1. The SMILES string of the molecule is N#C[C@@H]1CCCN1C(=O)CNC12CC3CC(CC(O)(C3)C1)C2.O=S(=O)(O)c1ccc2ccccc2c1. The van der Waals surface area contributed by atoms with Gasteiger partial charge in [0.05, 0.1) is 23.1 Å². The molecule has 5 aliphatic rings. The number of hydrogen-bond acceptors (Lipinski definition) is 6. The van der Waals surface area contributed by atoms with Gasteiger partial charge >= 0.3 is 0 Å². The summed E-state index contributed by atoms with van der Waals surface area (Å²) < 4.78 is 30.5. The topological polar surface area (TPSA) is 131 Å². The molecule has 1 saturated heterocycles. The van der Waals surface area contributed by atoms with E-state index >= 15 is 0 Å². The van der Waals surface area contributed by atoms with Crippen LogP contribution in [-0.2, 0) is 14.9 Å². The Bertz CT molecular complexity index is 1290. The predicted molar refractivity (Wildman–Crippen MR) is 134 cm³/mol. The maximum Gasteiger partial charge on any atom is 0.294 e. The summed E-state index contributed by atoms with van der Waals surface area (Å²) in [5.41, 5.74) is -0.542. The zero-order chi connectivity index (χ0) is 25.6. The number of nitrogens with one attached hydrogen (secondary N) is 1. The number of carbonyl (C=O) groups is 1. The number of amides is 1. The highest BCUT2D eigenvalue weighted by atomic mass is 32.2. The number of likely N-dealkylation sites (tertiary alicyclic amines) is 1. The second-order valence-corrected chi connectivity index (χ2v) is 12.6. The van der Waals surface area contributed by atoms with Gasteiger partial charge < -0.3 is 15.3 Å². The largest absolute Gasteiger partial charge is 0.390 e. The van der Waals surface area contributed by atoms with Crippen molar-refractivity contribution < 1.29 is 22.9 Å². The molecule has 192 valence electrons. The first-order valence-electron chi connectivity index (χ1n) is 12.7. The molecular weight excluding hydrogens is 478 g/mol. The highest BCUT2D eigenvalue weighted by Crippen LogP contribution is 2.57. The van der Waals surface area contributed by atoms with E-state index in [-0.39, 0.29) is 22.4 Å². The van der Waals surface area contributed by atoms with E-state index < -0.39 is 15.7 Å². The molecule has 1 aliphatic heterocycles. The van der Waals surface area contributed by atoms with Crippen LogP contribution in [0.3, 0.4) is 0 Å². The molecule has 5 fully saturated rings. The van der Waals surface area contributed by atoms with E-state index in [1.807, 2.05) is 18.2 Å². The lowest BCUT2D eigenvalue weighted by molar-refractivity contribution is -0.147. The summed E-state index contributed by atoms with van der Waals surface area (Å²) >= 11 is 0. The summed E-state index contributed by atoms with van der Waals surface area (Å²) in [4.78, 5) is 14.1. The van der Waals surface area contributed by atoms with Crippen molar-refractivity contribution in [2.24, 2.45) is 11.8 Å². The van der Waals surface area contributed by atoms with Gasteiger partial charge in [-0.25, -0.2) is 0 Å². The smallest absolute Gasteiger partial charge is 0.294 e. The van der Waals surface area contributed by atoms with Crippen molar-refractivity contribution in [3.63, 3.8) is 0 Å². The van der Waals surface area contributed by atoms with Gasteiger partial charge in [-0.2, -0.15) is 13.7 Å². The predicted octanol–water partition coefficient (Wildman–Crippen LogP) is 3.26. The third-order valence-electron chi connectivity index (χ3n) is 8.39. The van der Waals surface area contributed by atoms with Crippen molar-refractivity contribution in [2.75, 3.05) is 13.1 Å². The van der Waals surface area contributed by atoms with Crippen LogP contribution in [-0.4, -0.2) is 59.2 Å². The number of nitrogens with zero attached hydrogens (tertiary/aromatic N) is 2. The van der Waals surface area contributed by atoms with Crippen molar-refractivity contribution in [1.82, 2.24) is 10.2 Å². The highest BCUT2D eigenvalue weighted by molar-refractivity contribution is 7.85. The molecule has 2 unspecified atom stereocenters. The Morgan fingerprint density at radius 3 is 2.44 bits per heavy atom. The number of hydrogen-bond donors (Lipinski definition) is 3. The van der Waals surface area contributed by atoms with Gasteiger partial charge in [0.15, 0.2) is 0 Å². The van der Waals surface area contributed by atoms with Crippen LogP contribution in [0.4, 0.5) is 0 Å². The van der Waals surface area contributed by atoms with Crippen molar-refractivity contribution in [1.29, 1.82) is 5.26 Å². The monoisotopic (exact) mass is 511 g/mol. The first-order chi connectivity index (χ1) is 17.1. The molecule has 9 heteroatoms. The van der Waals surface area contributed by atoms with Gasteiger partial charge in [0.1, 0.15) is 6.04 Å². The van der Waals surface area contributed by atoms with E-state index in [0.29, 0.717) is 24.9 Å². The molecule has 36 heavy (non-hydrogen) atoms. The molecule has 2 aromatic carbocycles. The summed E-state index contributed by atoms with van der Waals surface area (Å²) in [5, 5.41) is 25.1. The van der Waals surface area contributed by atoms with Crippen LogP contribution < -0.4 is 5.32 Å². The minimum atomic E-state index is -4.09. The minimum absolute atomic E-state index is 0.0453. The van der Waals surface area contributed by atoms with Crippen molar-refractivity contribution in [3.8, 4) is 6.07 Å². The summed E-state index contributed by atoms with van der Waals surface area (Å²) in [6, 6.07) is 13.9. The Morgan fingerprint density at radius 2 is 1.81 bits per heavy atom. The molecule has 4 saturated carbocycles. The average molecular weight is 512 g/mol. The molecule has 0 radical (unpaired) electrons. The molecule has 8 nitrogen and oxygen atoms in total. The van der Waals surface area contributed by atoms with Gasteiger partial charge in [-0.3, -0.25) is 9.35 Å². The van der Waals surface area contributed by atoms with Crippen LogP contribution in [0.2, 0.25) is 0 Å². The van der Waals surface area contributed by atoms with Gasteiger partial charge in [0.25, 0.3) is 10.1 Å². The lowest BCUT2D eigenvalue weighted by atomic mass is 9.51. The van der Waals surface area contributed by atoms with E-state index in [2.05, 4.69) is 11.4 Å². The molecule has 3 N–H and O–H groups in total. The molecule has 3 atom stereocenters. The van der Waals surface area contributed by atoms with Crippen LogP contribution in [0, 0.1) is 23.2 Å². The second kappa shape index (κ2) is 9.42. The summed E-state index contributed by atoms with van der Waals surface area (Å²) in [5.74, 6) is 1.28. The Labute approximate surface area is 212 Å². The molecule has 0 aromatic heterocycles. The number of nitriles is 1. The Balaban J connectivity index is 0.000000165. The lowest BCUT2D eigenvalue weighted by Gasteiger charge is -2.60. The fourth-order valence-corrected chi connectivity index (χ4v) is 7.83. The van der Waals surface area contributed by atoms with E-state index in [4.69, 9.17) is 9.81 Å². The zero-order valence-corrected chi connectivity index (χ0v) is 21.1. The fraction of sp³-hybridized carbons (Fsp3) is 0.556. The molecule has 4 bridgehead atoms. The molecule has 4 aliphatic carbocycles. The quantitative estimate of drug-likeness (QED) is 0.537. The highest BCUT2D eigenvalue weighted by Gasteiger charge is 2.57. The fourth-order valence-electron chi connectivity index (χ4n) is 7.31. The maximum atomic E-state index is 12.4. The summed E-state index contributed by atoms with van der Waals surface area (Å²) in [6.07, 6.45) is 7.87. The summed E-state index contributed by atoms with van der Waals surface area (Å²) in [6.45, 7) is 1.02. The Kier molecular flexibility index (Phi) is 6.58. The first kappa shape index (κ1) is 25.2. The van der Waals surface area contributed by atoms with Crippen molar-refractivity contribution in [2.45, 2.75) is 73.4 Å². The lowest BCUT2D eigenvalue weighted by Crippen LogP contribution is -2.65. The van der Waals surface area contributed by atoms with Crippen LogP contribution in [0.15, 0.2) is 47.4 Å². The van der Waals surface area contributed by atoms with Gasteiger partial charge in [-0.15, -0.1) is 0 Å². The molecule has 7 rings (SSSR count). The van der Waals surface area contributed by atoms with Crippen LogP contribution >= 0.6 is 0 Å². The van der Waals surface area contributed by atoms with E-state index in [0.717, 1.165) is 55.7 Å². The Morgan fingerprint density at radius 1 is 1.11 bits per heavy atom. The third kappa shape index (κ3) is 5.14.